The number of carboxylic acid groups (broad SMARTS) is 1. The number of aliphatic carboxylic acids is 1. The Morgan fingerprint density at radius 2 is 1.94 bits per heavy atom. The summed E-state index contributed by atoms with van der Waals surface area (Å²) in [5, 5.41) is 11.2. The Balaban J connectivity index is 1.31. The summed E-state index contributed by atoms with van der Waals surface area (Å²) in [6, 6.07) is 16.1. The van der Waals surface area contributed by atoms with Gasteiger partial charge in [0.25, 0.3) is 5.91 Å². The molecule has 2 aliphatic rings. The van der Waals surface area contributed by atoms with E-state index in [0.29, 0.717) is 12.2 Å². The molecule has 6 rings (SSSR count). The predicted octanol–water partition coefficient (Wildman–Crippen LogP) is 4.74. The lowest BCUT2D eigenvalue weighted by Gasteiger charge is -2.32. The summed E-state index contributed by atoms with van der Waals surface area (Å²) < 4.78 is 15.9. The second kappa shape index (κ2) is 7.65. The van der Waals surface area contributed by atoms with Crippen LogP contribution in [0.4, 0.5) is 4.39 Å². The SMILES string of the molecule is Cc1c(C2CC3CC2CN3C(=O)c2ccc3ccccc3n2)c2cc(F)ccc2n1CC(=O)O. The molecule has 2 aromatic carbocycles. The molecule has 7 heteroatoms. The summed E-state index contributed by atoms with van der Waals surface area (Å²) in [5.74, 6) is -0.891. The number of fused-ring (bicyclic) bond motifs is 4. The monoisotopic (exact) mass is 457 g/mol. The predicted molar refractivity (Wildman–Crippen MR) is 126 cm³/mol. The minimum absolute atomic E-state index is 0.0484. The van der Waals surface area contributed by atoms with E-state index in [9.17, 15) is 19.1 Å². The number of carbonyl (C=O) groups excluding carboxylic acids is 1. The number of hydrogen-bond acceptors (Lipinski definition) is 3. The van der Waals surface area contributed by atoms with Crippen LogP contribution in [-0.2, 0) is 11.3 Å². The number of amides is 1. The Kier molecular flexibility index (Phi) is 4.69. The Morgan fingerprint density at radius 1 is 1.12 bits per heavy atom. The number of benzene rings is 2. The van der Waals surface area contributed by atoms with Gasteiger partial charge in [0.05, 0.1) is 5.52 Å². The molecule has 3 heterocycles. The zero-order chi connectivity index (χ0) is 23.6. The minimum atomic E-state index is -0.927. The third kappa shape index (κ3) is 3.18. The Labute approximate surface area is 195 Å². The molecule has 1 aliphatic carbocycles. The second-order valence-electron chi connectivity index (χ2n) is 9.48. The van der Waals surface area contributed by atoms with Crippen molar-refractivity contribution in [2.45, 2.75) is 38.3 Å². The molecule has 1 saturated heterocycles. The van der Waals surface area contributed by atoms with E-state index in [1.807, 2.05) is 42.2 Å². The molecule has 172 valence electrons. The zero-order valence-corrected chi connectivity index (χ0v) is 18.7. The van der Waals surface area contributed by atoms with E-state index >= 15 is 0 Å². The average molecular weight is 458 g/mol. The zero-order valence-electron chi connectivity index (χ0n) is 18.7. The van der Waals surface area contributed by atoms with Gasteiger partial charge in [-0.05, 0) is 67.5 Å². The normalized spacial score (nSPS) is 21.6. The van der Waals surface area contributed by atoms with Crippen LogP contribution in [0.1, 0.15) is 40.5 Å². The molecular weight excluding hydrogens is 433 g/mol. The summed E-state index contributed by atoms with van der Waals surface area (Å²) in [5.41, 5.74) is 3.90. The van der Waals surface area contributed by atoms with Crippen molar-refractivity contribution < 1.29 is 19.1 Å². The molecule has 2 bridgehead atoms. The third-order valence-electron chi connectivity index (χ3n) is 7.62. The van der Waals surface area contributed by atoms with Crippen molar-refractivity contribution in [3.8, 4) is 0 Å². The van der Waals surface area contributed by atoms with E-state index in [1.165, 1.54) is 12.1 Å². The summed E-state index contributed by atoms with van der Waals surface area (Å²) in [6.07, 6.45) is 1.68. The Bertz CT molecular complexity index is 1480. The highest BCUT2D eigenvalue weighted by Gasteiger charge is 2.48. The number of rotatable bonds is 4. The van der Waals surface area contributed by atoms with Crippen LogP contribution in [0.25, 0.3) is 21.8 Å². The maximum absolute atomic E-state index is 14.2. The quantitative estimate of drug-likeness (QED) is 0.480. The molecule has 4 aromatic rings. The van der Waals surface area contributed by atoms with Crippen LogP contribution in [-0.4, -0.2) is 44.0 Å². The molecule has 0 radical (unpaired) electrons. The standard InChI is InChI=1S/C27H24FN3O3/c1-15-26(21-11-18(28)7-9-24(21)30(15)14-25(32)33)20-12-19-10-17(20)13-31(19)27(34)23-8-6-16-4-2-3-5-22(16)29-23/h2-9,11,17,19-20H,10,12-14H2,1H3,(H,32,33). The van der Waals surface area contributed by atoms with Gasteiger partial charge in [-0.3, -0.25) is 9.59 Å². The first-order valence-corrected chi connectivity index (χ1v) is 11.6. The number of hydrogen-bond donors (Lipinski definition) is 1. The fourth-order valence-corrected chi connectivity index (χ4v) is 6.18. The Morgan fingerprint density at radius 3 is 2.71 bits per heavy atom. The smallest absolute Gasteiger partial charge is 0.323 e. The van der Waals surface area contributed by atoms with Gasteiger partial charge in [0.2, 0.25) is 0 Å². The van der Waals surface area contributed by atoms with E-state index < -0.39 is 5.97 Å². The lowest BCUT2D eigenvalue weighted by Crippen LogP contribution is -2.40. The number of pyridine rings is 1. The molecule has 6 nitrogen and oxygen atoms in total. The van der Waals surface area contributed by atoms with Crippen LogP contribution >= 0.6 is 0 Å². The minimum Gasteiger partial charge on any atom is -0.480 e. The van der Waals surface area contributed by atoms with Gasteiger partial charge < -0.3 is 14.6 Å². The summed E-state index contributed by atoms with van der Waals surface area (Å²) >= 11 is 0. The molecule has 3 unspecified atom stereocenters. The van der Waals surface area contributed by atoms with Gasteiger partial charge in [-0.25, -0.2) is 9.37 Å². The number of nitrogens with zero attached hydrogens (tertiary/aromatic N) is 3. The fraction of sp³-hybridized carbons (Fsp3) is 0.296. The van der Waals surface area contributed by atoms with E-state index in [1.54, 1.807) is 16.7 Å². The van der Waals surface area contributed by atoms with Gasteiger partial charge in [0, 0.05) is 34.6 Å². The number of para-hydroxylation sites is 1. The largest absolute Gasteiger partial charge is 0.480 e. The molecule has 2 fully saturated rings. The van der Waals surface area contributed by atoms with Gasteiger partial charge in [0.15, 0.2) is 0 Å². The van der Waals surface area contributed by atoms with Crippen molar-refractivity contribution in [3.63, 3.8) is 0 Å². The molecule has 1 N–H and O–H groups in total. The highest BCUT2D eigenvalue weighted by atomic mass is 19.1. The number of halogens is 1. The number of carboxylic acids is 1. The molecule has 0 spiro atoms. The van der Waals surface area contributed by atoms with Crippen molar-refractivity contribution in [2.75, 3.05) is 6.54 Å². The van der Waals surface area contributed by atoms with E-state index in [-0.39, 0.29) is 36.1 Å². The van der Waals surface area contributed by atoms with Gasteiger partial charge in [-0.2, -0.15) is 0 Å². The van der Waals surface area contributed by atoms with Gasteiger partial charge in [-0.1, -0.05) is 24.3 Å². The molecule has 1 amide bonds. The number of carbonyl (C=O) groups is 2. The number of likely N-dealkylation sites (tertiary alicyclic amines) is 1. The van der Waals surface area contributed by atoms with Crippen LogP contribution in [0.2, 0.25) is 0 Å². The van der Waals surface area contributed by atoms with Crippen molar-refractivity contribution in [1.82, 2.24) is 14.5 Å². The van der Waals surface area contributed by atoms with Crippen LogP contribution in [0, 0.1) is 18.7 Å². The van der Waals surface area contributed by atoms with Crippen LogP contribution < -0.4 is 0 Å². The Hall–Kier alpha value is -3.74. The fourth-order valence-electron chi connectivity index (χ4n) is 6.18. The van der Waals surface area contributed by atoms with E-state index in [4.69, 9.17) is 0 Å². The first-order chi connectivity index (χ1) is 16.4. The first kappa shape index (κ1) is 20.8. The van der Waals surface area contributed by atoms with Gasteiger partial charge >= 0.3 is 5.97 Å². The van der Waals surface area contributed by atoms with Crippen LogP contribution in [0.5, 0.6) is 0 Å². The molecule has 2 aromatic heterocycles. The second-order valence-corrected chi connectivity index (χ2v) is 9.48. The third-order valence-corrected chi connectivity index (χ3v) is 7.62. The van der Waals surface area contributed by atoms with E-state index in [2.05, 4.69) is 4.98 Å². The number of aromatic nitrogens is 2. The van der Waals surface area contributed by atoms with Crippen molar-refractivity contribution in [2.24, 2.45) is 5.92 Å². The highest BCUT2D eigenvalue weighted by Crippen LogP contribution is 2.50. The summed E-state index contributed by atoms with van der Waals surface area (Å²) in [7, 11) is 0. The molecule has 34 heavy (non-hydrogen) atoms. The summed E-state index contributed by atoms with van der Waals surface area (Å²) in [4.78, 5) is 31.3. The number of piperidine rings is 1. The van der Waals surface area contributed by atoms with Gasteiger partial charge in [-0.15, -0.1) is 0 Å². The van der Waals surface area contributed by atoms with Crippen molar-refractivity contribution >= 4 is 33.7 Å². The average Bonchev–Trinajstić information content (AvgIpc) is 3.49. The molecular formula is C27H24FN3O3. The van der Waals surface area contributed by atoms with Crippen LogP contribution in [0.15, 0.2) is 54.6 Å². The molecule has 3 atom stereocenters. The van der Waals surface area contributed by atoms with Gasteiger partial charge in [0.1, 0.15) is 18.1 Å². The maximum Gasteiger partial charge on any atom is 0.323 e. The lowest BCUT2D eigenvalue weighted by atomic mass is 9.85. The summed E-state index contributed by atoms with van der Waals surface area (Å²) in [6.45, 7) is 2.39. The first-order valence-electron chi connectivity index (χ1n) is 11.6. The van der Waals surface area contributed by atoms with Crippen molar-refractivity contribution in [3.05, 3.63) is 77.4 Å². The van der Waals surface area contributed by atoms with Crippen molar-refractivity contribution in [1.29, 1.82) is 0 Å². The molecule has 1 saturated carbocycles. The van der Waals surface area contributed by atoms with E-state index in [0.717, 1.165) is 45.9 Å². The van der Waals surface area contributed by atoms with Crippen LogP contribution in [0.3, 0.4) is 0 Å². The lowest BCUT2D eigenvalue weighted by molar-refractivity contribution is -0.137. The molecule has 1 aliphatic heterocycles. The maximum atomic E-state index is 14.2. The topological polar surface area (TPSA) is 75.4 Å². The highest BCUT2D eigenvalue weighted by molar-refractivity contribution is 5.95.